The van der Waals surface area contributed by atoms with Crippen molar-refractivity contribution in [2.24, 2.45) is 5.92 Å². The molecule has 2 aromatic carbocycles. The number of piperidine rings is 1. The molecule has 0 saturated carbocycles. The van der Waals surface area contributed by atoms with Crippen molar-refractivity contribution in [2.45, 2.75) is 35.6 Å². The van der Waals surface area contributed by atoms with Crippen LogP contribution in [-0.4, -0.2) is 44.6 Å². The summed E-state index contributed by atoms with van der Waals surface area (Å²) in [6.45, 7) is 4.67. The zero-order valence-electron chi connectivity index (χ0n) is 18.9. The van der Waals surface area contributed by atoms with Gasteiger partial charge in [-0.2, -0.15) is 0 Å². The van der Waals surface area contributed by atoms with Crippen LogP contribution < -0.4 is 5.32 Å². The molecule has 0 bridgehead atoms. The summed E-state index contributed by atoms with van der Waals surface area (Å²) in [6.07, 6.45) is 2.27. The first-order chi connectivity index (χ1) is 16.4. The molecule has 34 heavy (non-hydrogen) atoms. The molecule has 1 fully saturated rings. The van der Waals surface area contributed by atoms with E-state index in [9.17, 15) is 18.0 Å². The quantitative estimate of drug-likeness (QED) is 0.447. The summed E-state index contributed by atoms with van der Waals surface area (Å²) in [6, 6.07) is 14.7. The summed E-state index contributed by atoms with van der Waals surface area (Å²) in [5.74, 6) is 0.0147. The van der Waals surface area contributed by atoms with E-state index < -0.39 is 9.84 Å². The number of hydrogen-bond donors (Lipinski definition) is 1. The first kappa shape index (κ1) is 23.0. The summed E-state index contributed by atoms with van der Waals surface area (Å²) in [5.41, 5.74) is 0.502. The number of benzene rings is 2. The smallest absolute Gasteiger partial charge is 0.251 e. The number of carbonyl (C=O) groups excluding carboxylic acids is 2. The summed E-state index contributed by atoms with van der Waals surface area (Å²) in [7, 11) is -3.89. The predicted molar refractivity (Wildman–Crippen MR) is 131 cm³/mol. The number of ketones is 1. The van der Waals surface area contributed by atoms with Crippen LogP contribution in [0.2, 0.25) is 0 Å². The standard InChI is InChI=1S/C26H26N2O4S2/c1-17-10-12-28(13-11-17)21(22-6-4-14-33-22)16-27-26(30)18-8-9-20-24(15-18)34(31,32)23-7-3-2-5-19(23)25(20)29/h2-9,14-15,17,21H,10-13,16H2,1H3,(H,27,30)/t21-/m0/s1. The molecule has 2 aliphatic rings. The molecule has 0 aliphatic carbocycles. The average molecular weight is 495 g/mol. The molecular weight excluding hydrogens is 468 g/mol. The molecule has 0 spiro atoms. The Balaban J connectivity index is 1.38. The summed E-state index contributed by atoms with van der Waals surface area (Å²) in [5, 5.41) is 5.05. The number of nitrogens with zero attached hydrogens (tertiary/aromatic N) is 1. The minimum absolute atomic E-state index is 0.0119. The minimum Gasteiger partial charge on any atom is -0.350 e. The van der Waals surface area contributed by atoms with Gasteiger partial charge in [0.05, 0.1) is 15.8 Å². The van der Waals surface area contributed by atoms with Crippen LogP contribution in [0.4, 0.5) is 0 Å². The van der Waals surface area contributed by atoms with Gasteiger partial charge >= 0.3 is 0 Å². The highest BCUT2D eigenvalue weighted by molar-refractivity contribution is 7.91. The number of thiophene rings is 1. The van der Waals surface area contributed by atoms with E-state index >= 15 is 0 Å². The van der Waals surface area contributed by atoms with Crippen molar-refractivity contribution in [1.29, 1.82) is 0 Å². The number of likely N-dealkylation sites (tertiary alicyclic amines) is 1. The highest BCUT2D eigenvalue weighted by Crippen LogP contribution is 2.35. The monoisotopic (exact) mass is 494 g/mol. The molecule has 1 amide bonds. The summed E-state index contributed by atoms with van der Waals surface area (Å²) in [4.78, 5) is 29.4. The normalized spacial score (nSPS) is 18.7. The fourth-order valence-corrected chi connectivity index (χ4v) is 7.29. The molecule has 2 aliphatic heterocycles. The van der Waals surface area contributed by atoms with E-state index in [0.29, 0.717) is 12.5 Å². The van der Waals surface area contributed by atoms with Crippen molar-refractivity contribution in [2.75, 3.05) is 19.6 Å². The fourth-order valence-electron chi connectivity index (χ4n) is 4.75. The summed E-state index contributed by atoms with van der Waals surface area (Å²) < 4.78 is 26.4. The Kier molecular flexibility index (Phi) is 6.14. The van der Waals surface area contributed by atoms with Gasteiger partial charge in [-0.1, -0.05) is 25.1 Å². The molecule has 1 atom stereocenters. The Labute approximate surface area is 203 Å². The van der Waals surface area contributed by atoms with Gasteiger partial charge in [-0.3, -0.25) is 14.5 Å². The van der Waals surface area contributed by atoms with Gasteiger partial charge in [0.25, 0.3) is 5.91 Å². The number of rotatable bonds is 5. The molecule has 0 unspecified atom stereocenters. The van der Waals surface area contributed by atoms with Gasteiger partial charge in [0, 0.05) is 28.1 Å². The van der Waals surface area contributed by atoms with Gasteiger partial charge in [0.15, 0.2) is 5.78 Å². The zero-order valence-corrected chi connectivity index (χ0v) is 20.5. The second-order valence-corrected chi connectivity index (χ2v) is 11.9. The van der Waals surface area contributed by atoms with Gasteiger partial charge in [-0.15, -0.1) is 11.3 Å². The molecule has 8 heteroatoms. The Morgan fingerprint density at radius 2 is 1.79 bits per heavy atom. The number of amides is 1. The third-order valence-corrected chi connectivity index (χ3v) is 9.61. The Hall–Kier alpha value is -2.81. The van der Waals surface area contributed by atoms with Crippen molar-refractivity contribution >= 4 is 32.9 Å². The SMILES string of the molecule is CC1CCN([C@@H](CNC(=O)c2ccc3c(c2)S(=O)(=O)c2ccccc2C3=O)c2cccs2)CC1. The van der Waals surface area contributed by atoms with E-state index in [0.717, 1.165) is 25.9 Å². The lowest BCUT2D eigenvalue weighted by atomic mass is 9.97. The lowest BCUT2D eigenvalue weighted by Crippen LogP contribution is -2.41. The number of carbonyl (C=O) groups is 2. The molecule has 1 saturated heterocycles. The topological polar surface area (TPSA) is 83.6 Å². The minimum atomic E-state index is -3.89. The Morgan fingerprint density at radius 1 is 1.06 bits per heavy atom. The van der Waals surface area contributed by atoms with E-state index in [1.807, 2.05) is 11.4 Å². The van der Waals surface area contributed by atoms with E-state index in [1.165, 1.54) is 35.2 Å². The molecule has 0 radical (unpaired) electrons. The number of hydrogen-bond acceptors (Lipinski definition) is 6. The van der Waals surface area contributed by atoms with Gasteiger partial charge in [-0.05, 0) is 73.6 Å². The van der Waals surface area contributed by atoms with Gasteiger partial charge < -0.3 is 5.32 Å². The maximum absolute atomic E-state index is 13.2. The maximum Gasteiger partial charge on any atom is 0.251 e. The van der Waals surface area contributed by atoms with E-state index in [2.05, 4.69) is 23.2 Å². The second-order valence-electron chi connectivity index (χ2n) is 9.00. The molecule has 176 valence electrons. The number of sulfone groups is 1. The zero-order chi connectivity index (χ0) is 23.9. The molecule has 3 heterocycles. The lowest BCUT2D eigenvalue weighted by molar-refractivity contribution is 0.0913. The van der Waals surface area contributed by atoms with Crippen LogP contribution in [0.25, 0.3) is 0 Å². The first-order valence-electron chi connectivity index (χ1n) is 11.4. The van der Waals surface area contributed by atoms with Crippen molar-refractivity contribution in [3.8, 4) is 0 Å². The first-order valence-corrected chi connectivity index (χ1v) is 13.8. The van der Waals surface area contributed by atoms with E-state index in [1.54, 1.807) is 23.5 Å². The van der Waals surface area contributed by atoms with Crippen LogP contribution in [0.3, 0.4) is 0 Å². The average Bonchev–Trinajstić information content (AvgIpc) is 3.38. The third kappa shape index (κ3) is 4.10. The molecule has 1 N–H and O–H groups in total. The van der Waals surface area contributed by atoms with Crippen LogP contribution in [0.15, 0.2) is 69.8 Å². The third-order valence-electron chi connectivity index (χ3n) is 6.79. The van der Waals surface area contributed by atoms with Crippen molar-refractivity contribution in [1.82, 2.24) is 10.2 Å². The molecular formula is C26H26N2O4S2. The van der Waals surface area contributed by atoms with Gasteiger partial charge in [0.2, 0.25) is 9.84 Å². The van der Waals surface area contributed by atoms with Crippen LogP contribution in [0, 0.1) is 5.92 Å². The maximum atomic E-state index is 13.2. The molecule has 5 rings (SSSR count). The number of fused-ring (bicyclic) bond motifs is 2. The van der Waals surface area contributed by atoms with E-state index in [4.69, 9.17) is 0 Å². The van der Waals surface area contributed by atoms with E-state index in [-0.39, 0.29) is 44.2 Å². The summed E-state index contributed by atoms with van der Waals surface area (Å²) >= 11 is 1.68. The van der Waals surface area contributed by atoms with Gasteiger partial charge in [-0.25, -0.2) is 8.42 Å². The molecule has 6 nitrogen and oxygen atoms in total. The van der Waals surface area contributed by atoms with Crippen LogP contribution in [-0.2, 0) is 9.84 Å². The van der Waals surface area contributed by atoms with Crippen LogP contribution >= 0.6 is 11.3 Å². The highest BCUT2D eigenvalue weighted by Gasteiger charge is 2.35. The van der Waals surface area contributed by atoms with Crippen molar-refractivity contribution in [3.63, 3.8) is 0 Å². The second kappa shape index (κ2) is 9.09. The largest absolute Gasteiger partial charge is 0.350 e. The van der Waals surface area contributed by atoms with Crippen molar-refractivity contribution in [3.05, 3.63) is 81.5 Å². The van der Waals surface area contributed by atoms with Crippen molar-refractivity contribution < 1.29 is 18.0 Å². The number of nitrogens with one attached hydrogen (secondary N) is 1. The van der Waals surface area contributed by atoms with Crippen LogP contribution in [0.5, 0.6) is 0 Å². The highest BCUT2D eigenvalue weighted by atomic mass is 32.2. The molecule has 3 aromatic rings. The predicted octanol–water partition coefficient (Wildman–Crippen LogP) is 4.33. The Bertz CT molecular complexity index is 1340. The fraction of sp³-hybridized carbons (Fsp3) is 0.308. The van der Waals surface area contributed by atoms with Crippen LogP contribution in [0.1, 0.15) is 57.0 Å². The Morgan fingerprint density at radius 3 is 2.53 bits per heavy atom. The molecule has 1 aromatic heterocycles. The van der Waals surface area contributed by atoms with Gasteiger partial charge in [0.1, 0.15) is 0 Å². The lowest BCUT2D eigenvalue weighted by Gasteiger charge is -2.36.